The molecule has 2 N–H and O–H groups in total. The summed E-state index contributed by atoms with van der Waals surface area (Å²) in [6.07, 6.45) is 1.52. The van der Waals surface area contributed by atoms with Gasteiger partial charge in [0.25, 0.3) is 0 Å². The van der Waals surface area contributed by atoms with Gasteiger partial charge < -0.3 is 10.6 Å². The third-order valence-corrected chi connectivity index (χ3v) is 3.70. The highest BCUT2D eigenvalue weighted by atomic mass is 16.6. The number of nitro groups is 2. The van der Waals surface area contributed by atoms with Crippen molar-refractivity contribution >= 4 is 17.1 Å². The molecule has 0 amide bonds. The second kappa shape index (κ2) is 7.17. The molecule has 0 saturated carbocycles. The Balaban J connectivity index is 3.79. The highest BCUT2D eigenvalue weighted by Crippen LogP contribution is 2.42. The predicted molar refractivity (Wildman–Crippen MR) is 84.9 cm³/mol. The van der Waals surface area contributed by atoms with Crippen LogP contribution >= 0.6 is 0 Å². The lowest BCUT2D eigenvalue weighted by Crippen LogP contribution is -2.17. The summed E-state index contributed by atoms with van der Waals surface area (Å²) in [7, 11) is 3.52. The maximum absolute atomic E-state index is 11.4. The summed E-state index contributed by atoms with van der Waals surface area (Å²) >= 11 is 0. The Bertz CT molecular complexity index is 583. The number of hydrogen-bond acceptors (Lipinski definition) is 6. The molecular weight excluding hydrogens is 288 g/mol. The van der Waals surface area contributed by atoms with E-state index in [-0.39, 0.29) is 18.2 Å². The number of nitrogens with two attached hydrogens (primary N) is 1. The molecule has 0 aromatic heterocycles. The van der Waals surface area contributed by atoms with Gasteiger partial charge in [0.05, 0.1) is 15.4 Å². The Morgan fingerprint density at radius 1 is 1.18 bits per heavy atom. The molecule has 122 valence electrons. The van der Waals surface area contributed by atoms with Gasteiger partial charge in [-0.3, -0.25) is 20.2 Å². The highest BCUT2D eigenvalue weighted by Gasteiger charge is 2.34. The Kier molecular flexibility index (Phi) is 5.81. The van der Waals surface area contributed by atoms with Crippen LogP contribution in [0.5, 0.6) is 0 Å². The van der Waals surface area contributed by atoms with Crippen LogP contribution < -0.4 is 5.73 Å². The van der Waals surface area contributed by atoms with Crippen molar-refractivity contribution in [1.82, 2.24) is 4.90 Å². The minimum Gasteiger partial charge on any atom is -0.398 e. The van der Waals surface area contributed by atoms with Gasteiger partial charge in [0.1, 0.15) is 0 Å². The zero-order valence-corrected chi connectivity index (χ0v) is 13.3. The standard InChI is InChI=1S/C14H22N4O4/c1-5-9(6-2)13-10(8-16(3)4)14(18(21)22)12(17(19)20)7-11(13)15/h7,9H,5-6,8,15H2,1-4H3. The molecule has 8 nitrogen and oxygen atoms in total. The summed E-state index contributed by atoms with van der Waals surface area (Å²) in [6, 6.07) is 1.12. The molecule has 0 heterocycles. The van der Waals surface area contributed by atoms with Crippen LogP contribution in [0.15, 0.2) is 6.07 Å². The van der Waals surface area contributed by atoms with Crippen molar-refractivity contribution in [3.05, 3.63) is 37.4 Å². The highest BCUT2D eigenvalue weighted by molar-refractivity contribution is 5.70. The number of nitro benzene ring substituents is 2. The molecule has 0 atom stereocenters. The smallest absolute Gasteiger partial charge is 0.350 e. The SMILES string of the molecule is CCC(CC)c1c(N)cc([N+](=O)[O-])c([N+](=O)[O-])c1CN(C)C. The van der Waals surface area contributed by atoms with Gasteiger partial charge in [-0.2, -0.15) is 0 Å². The third kappa shape index (κ3) is 3.51. The van der Waals surface area contributed by atoms with Crippen LogP contribution in [0.1, 0.15) is 43.7 Å². The van der Waals surface area contributed by atoms with E-state index in [0.717, 1.165) is 18.9 Å². The van der Waals surface area contributed by atoms with Crippen LogP contribution in [0.25, 0.3) is 0 Å². The van der Waals surface area contributed by atoms with Crippen molar-refractivity contribution < 1.29 is 9.85 Å². The normalized spacial score (nSPS) is 11.2. The monoisotopic (exact) mass is 310 g/mol. The molecule has 0 saturated heterocycles. The van der Waals surface area contributed by atoms with E-state index in [2.05, 4.69) is 0 Å². The van der Waals surface area contributed by atoms with E-state index in [9.17, 15) is 20.2 Å². The Morgan fingerprint density at radius 3 is 2.09 bits per heavy atom. The molecule has 22 heavy (non-hydrogen) atoms. The topological polar surface area (TPSA) is 116 Å². The number of hydrogen-bond donors (Lipinski definition) is 1. The average Bonchev–Trinajstić information content (AvgIpc) is 2.41. The fourth-order valence-corrected chi connectivity index (χ4v) is 2.75. The van der Waals surface area contributed by atoms with Gasteiger partial charge in [-0.05, 0) is 38.4 Å². The Labute approximate surface area is 129 Å². The van der Waals surface area contributed by atoms with Gasteiger partial charge >= 0.3 is 11.4 Å². The van der Waals surface area contributed by atoms with Gasteiger partial charge in [0.15, 0.2) is 0 Å². The Hall–Kier alpha value is -2.22. The second-order valence-corrected chi connectivity index (χ2v) is 5.49. The van der Waals surface area contributed by atoms with Crippen LogP contribution in [-0.4, -0.2) is 28.8 Å². The fourth-order valence-electron chi connectivity index (χ4n) is 2.75. The van der Waals surface area contributed by atoms with Crippen molar-refractivity contribution in [2.75, 3.05) is 19.8 Å². The maximum atomic E-state index is 11.4. The largest absolute Gasteiger partial charge is 0.398 e. The van der Waals surface area contributed by atoms with Crippen LogP contribution in [0.4, 0.5) is 17.1 Å². The van der Waals surface area contributed by atoms with E-state index < -0.39 is 21.2 Å². The van der Waals surface area contributed by atoms with Crippen molar-refractivity contribution in [1.29, 1.82) is 0 Å². The average molecular weight is 310 g/mol. The molecule has 1 aromatic carbocycles. The first kappa shape index (κ1) is 17.8. The number of nitrogens with zero attached hydrogens (tertiary/aromatic N) is 3. The summed E-state index contributed by atoms with van der Waals surface area (Å²) in [6.45, 7) is 4.18. The molecule has 0 unspecified atom stereocenters. The lowest BCUT2D eigenvalue weighted by molar-refractivity contribution is -0.423. The maximum Gasteiger partial charge on any atom is 0.350 e. The van der Waals surface area contributed by atoms with Gasteiger partial charge in [0.2, 0.25) is 0 Å². The summed E-state index contributed by atoms with van der Waals surface area (Å²) in [4.78, 5) is 22.9. The van der Waals surface area contributed by atoms with Crippen LogP contribution in [0.3, 0.4) is 0 Å². The Morgan fingerprint density at radius 2 is 1.73 bits per heavy atom. The van der Waals surface area contributed by atoms with Crippen LogP contribution in [0.2, 0.25) is 0 Å². The molecule has 0 aliphatic rings. The lowest BCUT2D eigenvalue weighted by Gasteiger charge is -2.21. The van der Waals surface area contributed by atoms with Gasteiger partial charge in [-0.25, -0.2) is 0 Å². The van der Waals surface area contributed by atoms with Gasteiger partial charge in [-0.1, -0.05) is 13.8 Å². The zero-order valence-electron chi connectivity index (χ0n) is 13.3. The first-order chi connectivity index (χ1) is 10.2. The van der Waals surface area contributed by atoms with E-state index in [1.165, 1.54) is 0 Å². The fraction of sp³-hybridized carbons (Fsp3) is 0.571. The van der Waals surface area contributed by atoms with E-state index in [4.69, 9.17) is 5.73 Å². The van der Waals surface area contributed by atoms with Crippen LogP contribution in [-0.2, 0) is 6.54 Å². The first-order valence-corrected chi connectivity index (χ1v) is 7.13. The van der Waals surface area contributed by atoms with Crippen molar-refractivity contribution in [2.45, 2.75) is 39.2 Å². The van der Waals surface area contributed by atoms with Crippen molar-refractivity contribution in [3.63, 3.8) is 0 Å². The molecule has 0 spiro atoms. The van der Waals surface area contributed by atoms with Gasteiger partial charge in [-0.15, -0.1) is 0 Å². The molecule has 1 rings (SSSR count). The molecule has 0 radical (unpaired) electrons. The predicted octanol–water partition coefficient (Wildman–Crippen LogP) is 3.05. The molecule has 1 aromatic rings. The quantitative estimate of drug-likeness (QED) is 0.470. The lowest BCUT2D eigenvalue weighted by atomic mass is 9.87. The summed E-state index contributed by atoms with van der Waals surface area (Å²) < 4.78 is 0. The van der Waals surface area contributed by atoms with Crippen molar-refractivity contribution in [2.24, 2.45) is 0 Å². The summed E-state index contributed by atoms with van der Waals surface area (Å²) in [5.41, 5.74) is 6.27. The van der Waals surface area contributed by atoms with E-state index in [1.807, 2.05) is 13.8 Å². The molecule has 0 aliphatic heterocycles. The van der Waals surface area contributed by atoms with E-state index in [0.29, 0.717) is 11.1 Å². The second-order valence-electron chi connectivity index (χ2n) is 5.49. The molecule has 0 aliphatic carbocycles. The molecule has 0 fully saturated rings. The first-order valence-electron chi connectivity index (χ1n) is 7.13. The number of anilines is 1. The molecular formula is C14H22N4O4. The number of rotatable bonds is 7. The summed E-state index contributed by atoms with van der Waals surface area (Å²) in [5.74, 6) is 0.0365. The third-order valence-electron chi connectivity index (χ3n) is 3.70. The minimum atomic E-state index is -0.746. The van der Waals surface area contributed by atoms with Crippen molar-refractivity contribution in [3.8, 4) is 0 Å². The molecule has 0 bridgehead atoms. The van der Waals surface area contributed by atoms with Crippen LogP contribution in [0, 0.1) is 20.2 Å². The minimum absolute atomic E-state index is 0.0365. The zero-order chi connectivity index (χ0) is 17.0. The summed E-state index contributed by atoms with van der Waals surface area (Å²) in [5, 5.41) is 22.6. The number of benzene rings is 1. The number of nitrogen functional groups attached to an aromatic ring is 1. The van der Waals surface area contributed by atoms with E-state index >= 15 is 0 Å². The van der Waals surface area contributed by atoms with Gasteiger partial charge in [0, 0.05) is 18.3 Å². The molecule has 8 heteroatoms. The van der Waals surface area contributed by atoms with E-state index in [1.54, 1.807) is 19.0 Å².